The second-order valence-corrected chi connectivity index (χ2v) is 5.56. The van der Waals surface area contributed by atoms with Gasteiger partial charge in [-0.3, -0.25) is 0 Å². The van der Waals surface area contributed by atoms with Crippen molar-refractivity contribution in [2.45, 2.75) is 38.1 Å². The third-order valence-electron chi connectivity index (χ3n) is 3.15. The predicted molar refractivity (Wildman–Crippen MR) is 64.3 cm³/mol. The lowest BCUT2D eigenvalue weighted by atomic mass is 10.2. The van der Waals surface area contributed by atoms with Crippen molar-refractivity contribution in [2.24, 2.45) is 0 Å². The lowest BCUT2D eigenvalue weighted by molar-refractivity contribution is 0.196. The zero-order valence-electron chi connectivity index (χ0n) is 9.21. The molecule has 1 N–H and O–H groups in total. The van der Waals surface area contributed by atoms with Gasteiger partial charge in [0.05, 0.1) is 0 Å². The summed E-state index contributed by atoms with van der Waals surface area (Å²) in [6.07, 6.45) is 6.05. The SMILES string of the molecule is O=C(NC1CCSC1)N1CCCCCC1. The lowest BCUT2D eigenvalue weighted by Gasteiger charge is -2.23. The first-order valence-corrected chi connectivity index (χ1v) is 7.15. The Bertz CT molecular complexity index is 209. The van der Waals surface area contributed by atoms with Crippen LogP contribution >= 0.6 is 11.8 Å². The fraction of sp³-hybridized carbons (Fsp3) is 0.909. The van der Waals surface area contributed by atoms with Crippen LogP contribution in [0.5, 0.6) is 0 Å². The van der Waals surface area contributed by atoms with Gasteiger partial charge in [0.25, 0.3) is 0 Å². The summed E-state index contributed by atoms with van der Waals surface area (Å²) in [6, 6.07) is 0.593. The van der Waals surface area contributed by atoms with E-state index in [1.165, 1.54) is 31.4 Å². The summed E-state index contributed by atoms with van der Waals surface area (Å²) in [6.45, 7) is 1.90. The fourth-order valence-electron chi connectivity index (χ4n) is 2.19. The second-order valence-electron chi connectivity index (χ2n) is 4.41. The Kier molecular flexibility index (Phi) is 4.18. The maximum absolute atomic E-state index is 11.9. The van der Waals surface area contributed by atoms with Crippen molar-refractivity contribution in [1.29, 1.82) is 0 Å². The van der Waals surface area contributed by atoms with Crippen molar-refractivity contribution in [3.05, 3.63) is 0 Å². The van der Waals surface area contributed by atoms with E-state index in [1.807, 2.05) is 16.7 Å². The van der Waals surface area contributed by atoms with E-state index in [-0.39, 0.29) is 6.03 Å². The van der Waals surface area contributed by atoms with Gasteiger partial charge >= 0.3 is 6.03 Å². The molecule has 4 heteroatoms. The molecule has 0 aromatic heterocycles. The Balaban J connectivity index is 1.77. The highest BCUT2D eigenvalue weighted by Crippen LogP contribution is 2.17. The first-order valence-electron chi connectivity index (χ1n) is 5.99. The molecule has 0 spiro atoms. The number of hydrogen-bond donors (Lipinski definition) is 1. The summed E-state index contributed by atoms with van der Waals surface area (Å²) in [5.74, 6) is 2.30. The van der Waals surface area contributed by atoms with Crippen LogP contribution in [0.3, 0.4) is 0 Å². The molecule has 0 radical (unpaired) electrons. The number of carbonyl (C=O) groups excluding carboxylic acids is 1. The number of hydrogen-bond acceptors (Lipinski definition) is 2. The van der Waals surface area contributed by atoms with Gasteiger partial charge in [0.15, 0.2) is 0 Å². The summed E-state index contributed by atoms with van der Waals surface area (Å²) in [7, 11) is 0. The highest BCUT2D eigenvalue weighted by Gasteiger charge is 2.21. The van der Waals surface area contributed by atoms with Crippen LogP contribution < -0.4 is 5.32 Å². The van der Waals surface area contributed by atoms with Gasteiger partial charge in [0.2, 0.25) is 0 Å². The Morgan fingerprint density at radius 3 is 2.53 bits per heavy atom. The smallest absolute Gasteiger partial charge is 0.317 e. The number of urea groups is 1. The molecule has 1 atom stereocenters. The van der Waals surface area contributed by atoms with Crippen LogP contribution in [0.25, 0.3) is 0 Å². The number of amides is 2. The van der Waals surface area contributed by atoms with Crippen molar-refractivity contribution in [2.75, 3.05) is 24.6 Å². The summed E-state index contributed by atoms with van der Waals surface area (Å²) >= 11 is 1.94. The van der Waals surface area contributed by atoms with Crippen molar-refractivity contribution in [3.8, 4) is 0 Å². The van der Waals surface area contributed by atoms with E-state index in [0.717, 1.165) is 25.3 Å². The van der Waals surface area contributed by atoms with E-state index in [1.54, 1.807) is 0 Å². The molecule has 0 aromatic rings. The van der Waals surface area contributed by atoms with Crippen LogP contribution in [0.4, 0.5) is 4.79 Å². The van der Waals surface area contributed by atoms with Crippen molar-refractivity contribution in [1.82, 2.24) is 10.2 Å². The molecule has 2 amide bonds. The van der Waals surface area contributed by atoms with Crippen LogP contribution in [0.15, 0.2) is 0 Å². The summed E-state index contributed by atoms with van der Waals surface area (Å²) < 4.78 is 0. The Labute approximate surface area is 96.0 Å². The molecule has 15 heavy (non-hydrogen) atoms. The normalized spacial score (nSPS) is 27.5. The van der Waals surface area contributed by atoms with Crippen molar-refractivity contribution < 1.29 is 4.79 Å². The minimum Gasteiger partial charge on any atom is -0.334 e. The molecule has 2 heterocycles. The molecule has 1 unspecified atom stereocenters. The van der Waals surface area contributed by atoms with E-state index in [9.17, 15) is 4.79 Å². The van der Waals surface area contributed by atoms with Crippen LogP contribution in [0, 0.1) is 0 Å². The molecule has 86 valence electrons. The monoisotopic (exact) mass is 228 g/mol. The van der Waals surface area contributed by atoms with Crippen LogP contribution in [0.2, 0.25) is 0 Å². The average molecular weight is 228 g/mol. The molecule has 2 rings (SSSR count). The van der Waals surface area contributed by atoms with E-state index in [2.05, 4.69) is 5.32 Å². The molecule has 2 fully saturated rings. The lowest BCUT2D eigenvalue weighted by Crippen LogP contribution is -2.45. The minimum absolute atomic E-state index is 0.171. The molecule has 2 saturated heterocycles. The maximum Gasteiger partial charge on any atom is 0.317 e. The molecule has 0 aromatic carbocycles. The average Bonchev–Trinajstić information content (AvgIpc) is 2.58. The Morgan fingerprint density at radius 1 is 1.20 bits per heavy atom. The number of nitrogens with one attached hydrogen (secondary N) is 1. The maximum atomic E-state index is 11.9. The topological polar surface area (TPSA) is 32.3 Å². The van der Waals surface area contributed by atoms with Crippen molar-refractivity contribution >= 4 is 17.8 Å². The zero-order chi connectivity index (χ0) is 10.5. The van der Waals surface area contributed by atoms with Crippen LogP contribution in [-0.2, 0) is 0 Å². The van der Waals surface area contributed by atoms with Crippen LogP contribution in [-0.4, -0.2) is 41.6 Å². The summed E-state index contributed by atoms with van der Waals surface area (Å²) in [5, 5.41) is 3.14. The van der Waals surface area contributed by atoms with Gasteiger partial charge in [-0.15, -0.1) is 0 Å². The molecular weight excluding hydrogens is 208 g/mol. The highest BCUT2D eigenvalue weighted by atomic mass is 32.2. The zero-order valence-corrected chi connectivity index (χ0v) is 10.0. The number of thioether (sulfide) groups is 1. The van der Waals surface area contributed by atoms with E-state index >= 15 is 0 Å². The van der Waals surface area contributed by atoms with Gasteiger partial charge in [-0.25, -0.2) is 4.79 Å². The van der Waals surface area contributed by atoms with Crippen LogP contribution in [0.1, 0.15) is 32.1 Å². The van der Waals surface area contributed by atoms with Gasteiger partial charge in [-0.1, -0.05) is 12.8 Å². The number of likely N-dealkylation sites (tertiary alicyclic amines) is 1. The predicted octanol–water partition coefficient (Wildman–Crippen LogP) is 2.08. The summed E-state index contributed by atoms with van der Waals surface area (Å²) in [4.78, 5) is 13.9. The molecule has 3 nitrogen and oxygen atoms in total. The Morgan fingerprint density at radius 2 is 1.93 bits per heavy atom. The van der Waals surface area contributed by atoms with Gasteiger partial charge in [0, 0.05) is 24.9 Å². The highest BCUT2D eigenvalue weighted by molar-refractivity contribution is 7.99. The summed E-state index contributed by atoms with van der Waals surface area (Å²) in [5.41, 5.74) is 0. The molecule has 0 bridgehead atoms. The number of nitrogens with zero attached hydrogens (tertiary/aromatic N) is 1. The van der Waals surface area contributed by atoms with Crippen molar-refractivity contribution in [3.63, 3.8) is 0 Å². The fourth-order valence-corrected chi connectivity index (χ4v) is 3.34. The van der Waals surface area contributed by atoms with E-state index in [0.29, 0.717) is 6.04 Å². The molecule has 0 saturated carbocycles. The van der Waals surface area contributed by atoms with Gasteiger partial charge in [0.1, 0.15) is 0 Å². The first kappa shape index (κ1) is 11.1. The van der Waals surface area contributed by atoms with Gasteiger partial charge < -0.3 is 10.2 Å². The van der Waals surface area contributed by atoms with E-state index < -0.39 is 0 Å². The Hall–Kier alpha value is -0.380. The standard InChI is InChI=1S/C11H20N2OS/c14-11(12-10-5-8-15-9-10)13-6-3-1-2-4-7-13/h10H,1-9H2,(H,12,14). The molecular formula is C11H20N2OS. The quantitative estimate of drug-likeness (QED) is 0.745. The molecule has 0 aliphatic carbocycles. The third-order valence-corrected chi connectivity index (χ3v) is 4.31. The van der Waals surface area contributed by atoms with Gasteiger partial charge in [-0.2, -0.15) is 11.8 Å². The number of carbonyl (C=O) groups is 1. The first-order chi connectivity index (χ1) is 7.36. The minimum atomic E-state index is 0.171. The molecule has 2 aliphatic rings. The molecule has 2 aliphatic heterocycles. The van der Waals surface area contributed by atoms with Gasteiger partial charge in [-0.05, 0) is 25.0 Å². The number of rotatable bonds is 1. The third kappa shape index (κ3) is 3.30. The van der Waals surface area contributed by atoms with E-state index in [4.69, 9.17) is 0 Å². The largest absolute Gasteiger partial charge is 0.334 e. The second kappa shape index (κ2) is 5.64.